The van der Waals surface area contributed by atoms with Gasteiger partial charge in [-0.15, -0.1) is 0 Å². The molecule has 6 nitrogen and oxygen atoms in total. The van der Waals surface area contributed by atoms with E-state index in [1.54, 1.807) is 0 Å². The molecule has 3 aliphatic rings. The largest absolute Gasteiger partial charge is 0.462 e. The van der Waals surface area contributed by atoms with Crippen molar-refractivity contribution >= 4 is 17.3 Å². The number of carbonyl (C=O) groups excluding carboxylic acids is 1. The predicted octanol–water partition coefficient (Wildman–Crippen LogP) is 2.13. The van der Waals surface area contributed by atoms with Crippen LogP contribution in [0, 0.1) is 23.2 Å². The third-order valence-corrected chi connectivity index (χ3v) is 7.45. The van der Waals surface area contributed by atoms with Gasteiger partial charge in [0.15, 0.2) is 0 Å². The van der Waals surface area contributed by atoms with Crippen molar-refractivity contribution in [3.05, 3.63) is 0 Å². The fourth-order valence-corrected chi connectivity index (χ4v) is 6.33. The Morgan fingerprint density at radius 1 is 1.38 bits per heavy atom. The van der Waals surface area contributed by atoms with E-state index in [0.29, 0.717) is 12.8 Å². The maximum absolute atomic E-state index is 12.2. The molecule has 3 fully saturated rings. The van der Waals surface area contributed by atoms with Gasteiger partial charge in [0.2, 0.25) is 0 Å². The summed E-state index contributed by atoms with van der Waals surface area (Å²) >= 11 is -1.78. The summed E-state index contributed by atoms with van der Waals surface area (Å²) < 4.78 is 29.3. The van der Waals surface area contributed by atoms with E-state index in [0.717, 1.165) is 12.8 Å². The van der Waals surface area contributed by atoms with E-state index < -0.39 is 17.0 Å². The average molecular weight is 360 g/mol. The Balaban J connectivity index is 1.99. The first-order chi connectivity index (χ1) is 11.2. The summed E-state index contributed by atoms with van der Waals surface area (Å²) in [6.45, 7) is 7.65. The Hall–Kier alpha value is -0.500. The number of rotatable bonds is 3. The molecule has 3 rings (SSSR count). The van der Waals surface area contributed by atoms with Crippen LogP contribution in [0.1, 0.15) is 53.4 Å². The molecule has 1 aliphatic heterocycles. The minimum atomic E-state index is -1.78. The minimum Gasteiger partial charge on any atom is -0.462 e. The summed E-state index contributed by atoms with van der Waals surface area (Å²) in [5, 5.41) is 9.61. The zero-order valence-corrected chi connectivity index (χ0v) is 15.6. The highest BCUT2D eigenvalue weighted by Crippen LogP contribution is 2.61. The number of hydrogen-bond acceptors (Lipinski definition) is 6. The number of ether oxygens (including phenoxy) is 1. The van der Waals surface area contributed by atoms with Crippen LogP contribution in [0.25, 0.3) is 0 Å². The molecule has 1 saturated heterocycles. The Morgan fingerprint density at radius 3 is 2.71 bits per heavy atom. The van der Waals surface area contributed by atoms with Gasteiger partial charge in [0.05, 0.1) is 11.7 Å². The van der Waals surface area contributed by atoms with Crippen molar-refractivity contribution in [2.45, 2.75) is 71.2 Å². The zero-order valence-electron chi connectivity index (χ0n) is 14.8. The van der Waals surface area contributed by atoms with Crippen LogP contribution >= 0.6 is 0 Å². The Labute approximate surface area is 146 Å². The highest BCUT2D eigenvalue weighted by Gasteiger charge is 2.65. The van der Waals surface area contributed by atoms with Crippen molar-refractivity contribution in [3.63, 3.8) is 0 Å². The van der Waals surface area contributed by atoms with Gasteiger partial charge < -0.3 is 9.84 Å². The monoisotopic (exact) mass is 360 g/mol. The van der Waals surface area contributed by atoms with Gasteiger partial charge in [0, 0.05) is 24.9 Å². The number of hydrogen-bond donors (Lipinski definition) is 1. The smallest absolute Gasteiger partial charge is 0.305 e. The van der Waals surface area contributed by atoms with Gasteiger partial charge in [-0.2, -0.15) is 4.21 Å². The third-order valence-electron chi connectivity index (χ3n) is 6.55. The van der Waals surface area contributed by atoms with Crippen molar-refractivity contribution in [2.75, 3.05) is 6.61 Å². The molecule has 2 aliphatic carbocycles. The molecule has 0 spiro atoms. The van der Waals surface area contributed by atoms with Crippen LogP contribution in [0.3, 0.4) is 0 Å². The van der Waals surface area contributed by atoms with E-state index in [2.05, 4.69) is 6.92 Å². The lowest BCUT2D eigenvalue weighted by Crippen LogP contribution is -2.67. The zero-order chi connectivity index (χ0) is 17.7. The van der Waals surface area contributed by atoms with Crippen LogP contribution in [0.2, 0.25) is 0 Å². The minimum absolute atomic E-state index is 0.0199. The van der Waals surface area contributed by atoms with E-state index >= 15 is 0 Å². The Morgan fingerprint density at radius 2 is 2.08 bits per heavy atom. The van der Waals surface area contributed by atoms with Crippen molar-refractivity contribution in [1.82, 2.24) is 0 Å². The van der Waals surface area contributed by atoms with Gasteiger partial charge in [0.1, 0.15) is 6.10 Å². The van der Waals surface area contributed by atoms with Crippen LogP contribution in [-0.2, 0) is 29.3 Å². The summed E-state index contributed by atoms with van der Waals surface area (Å²) in [6.07, 6.45) is 2.66. The van der Waals surface area contributed by atoms with Gasteiger partial charge in [-0.1, -0.05) is 13.8 Å². The maximum Gasteiger partial charge on any atom is 0.305 e. The van der Waals surface area contributed by atoms with Gasteiger partial charge >= 0.3 is 17.3 Å². The number of carbonyl (C=O) groups is 1. The molecule has 0 bridgehead atoms. The normalized spacial score (nSPS) is 49.1. The molecule has 2 saturated carbocycles. The first kappa shape index (κ1) is 18.3. The van der Waals surface area contributed by atoms with E-state index in [1.807, 2.05) is 13.8 Å². The molecule has 7 heteroatoms. The van der Waals surface area contributed by atoms with Gasteiger partial charge in [-0.25, -0.2) is 0 Å². The molecule has 1 heterocycles. The van der Waals surface area contributed by atoms with Crippen LogP contribution < -0.4 is 0 Å². The lowest BCUT2D eigenvalue weighted by Gasteiger charge is -2.62. The molecule has 0 aromatic carbocycles. The SMILES string of the molecule is CC(=O)O[C@@H]1CC[C@@]2(C)O[S@](=O)O[C@@H]3C2[C@@]1(C)CC[C@H]3[C@H](C)CO. The predicted molar refractivity (Wildman–Crippen MR) is 87.9 cm³/mol. The highest BCUT2D eigenvalue weighted by atomic mass is 32.2. The molecular formula is C17H28O6S. The summed E-state index contributed by atoms with van der Waals surface area (Å²) in [5.74, 6) is -0.105. The van der Waals surface area contributed by atoms with Crippen LogP contribution in [0.5, 0.6) is 0 Å². The standard InChI is InChI=1S/C17H28O6S/c1-10(9-18)12-5-7-16(3)13(21-11(2)19)6-8-17(4)15(16)14(12)22-24(20)23-17/h10,12-15,18H,5-9H2,1-4H3/t10-,12+,13-,14+,15?,16+,17-,24-/m1/s1. The third kappa shape index (κ3) is 2.83. The number of esters is 1. The average Bonchev–Trinajstić information content (AvgIpc) is 2.49. The Bertz CT molecular complexity index is 539. The van der Waals surface area contributed by atoms with Crippen molar-refractivity contribution < 1.29 is 27.2 Å². The molecule has 0 aromatic heterocycles. The van der Waals surface area contributed by atoms with E-state index in [9.17, 15) is 14.1 Å². The second-order valence-corrected chi connectivity index (χ2v) is 8.91. The van der Waals surface area contributed by atoms with Crippen LogP contribution in [0.4, 0.5) is 0 Å². The maximum atomic E-state index is 12.2. The van der Waals surface area contributed by atoms with Crippen molar-refractivity contribution in [2.24, 2.45) is 23.2 Å². The summed E-state index contributed by atoms with van der Waals surface area (Å²) in [4.78, 5) is 11.6. The van der Waals surface area contributed by atoms with Gasteiger partial charge in [0.25, 0.3) is 0 Å². The van der Waals surface area contributed by atoms with Crippen molar-refractivity contribution in [1.29, 1.82) is 0 Å². The molecule has 0 radical (unpaired) electrons. The first-order valence-electron chi connectivity index (χ1n) is 8.78. The van der Waals surface area contributed by atoms with Gasteiger partial charge in [-0.05, 0) is 44.4 Å². The molecule has 8 atom stereocenters. The number of aliphatic hydroxyl groups excluding tert-OH is 1. The van der Waals surface area contributed by atoms with Gasteiger partial charge in [-0.3, -0.25) is 13.2 Å². The lowest BCUT2D eigenvalue weighted by atomic mass is 9.50. The fraction of sp³-hybridized carbons (Fsp3) is 0.941. The van der Waals surface area contributed by atoms with E-state index in [1.165, 1.54) is 6.92 Å². The second kappa shape index (κ2) is 6.34. The molecule has 1 N–H and O–H groups in total. The molecular weight excluding hydrogens is 332 g/mol. The molecule has 0 amide bonds. The van der Waals surface area contributed by atoms with E-state index in [-0.39, 0.29) is 48.0 Å². The fourth-order valence-electron chi connectivity index (χ4n) is 5.35. The van der Waals surface area contributed by atoms with E-state index in [4.69, 9.17) is 13.1 Å². The second-order valence-electron chi connectivity index (χ2n) is 8.14. The summed E-state index contributed by atoms with van der Waals surface area (Å²) in [7, 11) is 0. The summed E-state index contributed by atoms with van der Waals surface area (Å²) in [6, 6.07) is 0. The molecule has 24 heavy (non-hydrogen) atoms. The van der Waals surface area contributed by atoms with Crippen LogP contribution in [0.15, 0.2) is 0 Å². The van der Waals surface area contributed by atoms with Crippen molar-refractivity contribution in [3.8, 4) is 0 Å². The molecule has 1 unspecified atom stereocenters. The van der Waals surface area contributed by atoms with Crippen LogP contribution in [-0.4, -0.2) is 39.7 Å². The summed E-state index contributed by atoms with van der Waals surface area (Å²) in [5.41, 5.74) is -0.841. The molecule has 0 aromatic rings. The lowest BCUT2D eigenvalue weighted by molar-refractivity contribution is -0.232. The Kier molecular flexibility index (Phi) is 4.83. The quantitative estimate of drug-likeness (QED) is 0.777. The number of aliphatic hydroxyl groups is 1. The first-order valence-corrected chi connectivity index (χ1v) is 9.78. The highest BCUT2D eigenvalue weighted by molar-refractivity contribution is 7.75. The molecule has 138 valence electrons. The topological polar surface area (TPSA) is 82.1 Å².